The molecule has 0 aliphatic carbocycles. The molecule has 0 saturated carbocycles. The van der Waals surface area contributed by atoms with E-state index in [1.165, 1.54) is 11.8 Å². The number of carboxylic acid groups (broad SMARTS) is 1. The van der Waals surface area contributed by atoms with E-state index >= 15 is 0 Å². The predicted octanol–water partition coefficient (Wildman–Crippen LogP) is 0.803. The van der Waals surface area contributed by atoms with Gasteiger partial charge in [0.15, 0.2) is 0 Å². The van der Waals surface area contributed by atoms with Gasteiger partial charge in [0, 0.05) is 26.0 Å². The molecule has 0 radical (unpaired) electrons. The van der Waals surface area contributed by atoms with Gasteiger partial charge in [-0.25, -0.2) is 0 Å². The van der Waals surface area contributed by atoms with E-state index in [0.29, 0.717) is 13.0 Å². The average Bonchev–Trinajstić information content (AvgIpc) is 2.35. The van der Waals surface area contributed by atoms with Crippen LogP contribution in [0.5, 0.6) is 0 Å². The lowest BCUT2D eigenvalue weighted by Crippen LogP contribution is -2.36. The summed E-state index contributed by atoms with van der Waals surface area (Å²) < 4.78 is 0. The zero-order chi connectivity index (χ0) is 12.8. The van der Waals surface area contributed by atoms with Crippen LogP contribution in [0.4, 0.5) is 0 Å². The molecule has 5 nitrogen and oxygen atoms in total. The minimum Gasteiger partial charge on any atom is -0.481 e. The third-order valence-electron chi connectivity index (χ3n) is 2.58. The van der Waals surface area contributed by atoms with Crippen molar-refractivity contribution >= 4 is 11.9 Å². The van der Waals surface area contributed by atoms with Crippen LogP contribution < -0.4 is 0 Å². The third kappa shape index (κ3) is 3.86. The Balaban J connectivity index is 2.47. The minimum atomic E-state index is -1.09. The number of likely N-dealkylation sites (N-methyl/N-ethyl adjacent to an activating group) is 1. The van der Waals surface area contributed by atoms with Crippen molar-refractivity contribution in [2.24, 2.45) is 5.92 Å². The molecule has 0 aliphatic heterocycles. The topological polar surface area (TPSA) is 70.5 Å². The van der Waals surface area contributed by atoms with E-state index in [2.05, 4.69) is 4.98 Å². The van der Waals surface area contributed by atoms with Crippen molar-refractivity contribution in [2.75, 3.05) is 13.6 Å². The number of carbonyl (C=O) groups is 2. The Kier molecular flexibility index (Phi) is 4.63. The van der Waals surface area contributed by atoms with Gasteiger partial charge in [-0.05, 0) is 25.0 Å². The lowest BCUT2D eigenvalue weighted by atomic mass is 10.1. The number of rotatable bonds is 5. The fourth-order valence-corrected chi connectivity index (χ4v) is 1.39. The largest absolute Gasteiger partial charge is 0.481 e. The first-order valence-electron chi connectivity index (χ1n) is 5.39. The molecule has 1 unspecified atom stereocenters. The molecule has 1 rings (SSSR count). The summed E-state index contributed by atoms with van der Waals surface area (Å²) in [7, 11) is 1.61. The molecule has 1 heterocycles. The summed E-state index contributed by atoms with van der Waals surface area (Å²) in [5, 5.41) is 8.73. The van der Waals surface area contributed by atoms with Crippen LogP contribution in [0.3, 0.4) is 0 Å². The van der Waals surface area contributed by atoms with Gasteiger partial charge in [-0.1, -0.05) is 6.07 Å². The summed E-state index contributed by atoms with van der Waals surface area (Å²) in [6.07, 6.45) is 4.09. The van der Waals surface area contributed by atoms with Crippen LogP contribution in [0.15, 0.2) is 24.5 Å². The monoisotopic (exact) mass is 236 g/mol. The van der Waals surface area contributed by atoms with Crippen molar-refractivity contribution in [1.29, 1.82) is 0 Å². The van der Waals surface area contributed by atoms with Crippen LogP contribution in [0.2, 0.25) is 0 Å². The fraction of sp³-hybridized carbons (Fsp3) is 0.417. The average molecular weight is 236 g/mol. The normalized spacial score (nSPS) is 11.9. The summed E-state index contributed by atoms with van der Waals surface area (Å²) in [5.41, 5.74) is 1.02. The van der Waals surface area contributed by atoms with Crippen molar-refractivity contribution in [1.82, 2.24) is 9.88 Å². The first kappa shape index (κ1) is 13.2. The van der Waals surface area contributed by atoms with E-state index in [9.17, 15) is 9.59 Å². The molecule has 0 aliphatic rings. The molecule has 1 atom stereocenters. The minimum absolute atomic E-state index is 0.374. The summed E-state index contributed by atoms with van der Waals surface area (Å²) >= 11 is 0. The second-order valence-electron chi connectivity index (χ2n) is 3.93. The van der Waals surface area contributed by atoms with E-state index in [1.54, 1.807) is 19.4 Å². The molecule has 0 spiro atoms. The highest BCUT2D eigenvalue weighted by atomic mass is 16.4. The number of nitrogens with zero attached hydrogens (tertiary/aromatic N) is 2. The molecule has 1 aromatic heterocycles. The smallest absolute Gasteiger partial charge is 0.315 e. The molecule has 92 valence electrons. The van der Waals surface area contributed by atoms with Crippen molar-refractivity contribution in [3.05, 3.63) is 30.1 Å². The Labute approximate surface area is 100 Å². The first-order chi connectivity index (χ1) is 8.02. The van der Waals surface area contributed by atoms with E-state index in [0.717, 1.165) is 5.56 Å². The fourth-order valence-electron chi connectivity index (χ4n) is 1.39. The quantitative estimate of drug-likeness (QED) is 0.768. The van der Waals surface area contributed by atoms with Gasteiger partial charge in [0.25, 0.3) is 0 Å². The molecular formula is C12H16N2O3. The number of carboxylic acids is 1. The van der Waals surface area contributed by atoms with Crippen molar-refractivity contribution in [3.63, 3.8) is 0 Å². The zero-order valence-corrected chi connectivity index (χ0v) is 9.96. The summed E-state index contributed by atoms with van der Waals surface area (Å²) in [4.78, 5) is 27.7. The number of carbonyl (C=O) groups excluding carboxylic acids is 1. The van der Waals surface area contributed by atoms with Gasteiger partial charge in [0.05, 0.1) is 0 Å². The Hall–Kier alpha value is -1.91. The summed E-state index contributed by atoms with van der Waals surface area (Å²) in [6, 6.07) is 3.75. The predicted molar refractivity (Wildman–Crippen MR) is 62.4 cm³/mol. The number of aliphatic carboxylic acids is 1. The summed E-state index contributed by atoms with van der Waals surface area (Å²) in [5.74, 6) is -2.46. The first-order valence-corrected chi connectivity index (χ1v) is 5.39. The maximum absolute atomic E-state index is 11.6. The Morgan fingerprint density at radius 3 is 2.76 bits per heavy atom. The molecule has 17 heavy (non-hydrogen) atoms. The van der Waals surface area contributed by atoms with Gasteiger partial charge in [-0.2, -0.15) is 0 Å². The second-order valence-corrected chi connectivity index (χ2v) is 3.93. The molecule has 0 fully saturated rings. The van der Waals surface area contributed by atoms with Crippen molar-refractivity contribution in [2.45, 2.75) is 13.3 Å². The molecular weight excluding hydrogens is 220 g/mol. The molecule has 0 saturated heterocycles. The van der Waals surface area contributed by atoms with Crippen LogP contribution in [0.25, 0.3) is 0 Å². The highest BCUT2D eigenvalue weighted by molar-refractivity contribution is 5.96. The van der Waals surface area contributed by atoms with Gasteiger partial charge in [-0.15, -0.1) is 0 Å². The van der Waals surface area contributed by atoms with Crippen LogP contribution in [-0.2, 0) is 16.0 Å². The molecule has 1 aromatic rings. The van der Waals surface area contributed by atoms with Gasteiger partial charge in [0.2, 0.25) is 5.91 Å². The Bertz CT molecular complexity index is 392. The standard InChI is InChI=1S/C12H16N2O3/c1-9(12(16)17)11(15)14(2)7-5-10-4-3-6-13-8-10/h3-4,6,8-9H,5,7H2,1-2H3,(H,16,17). The second kappa shape index (κ2) is 5.98. The number of hydrogen-bond donors (Lipinski definition) is 1. The van der Waals surface area contributed by atoms with Crippen molar-refractivity contribution < 1.29 is 14.7 Å². The molecule has 5 heteroatoms. The van der Waals surface area contributed by atoms with Crippen LogP contribution in [0, 0.1) is 5.92 Å². The molecule has 1 amide bonds. The Morgan fingerprint density at radius 2 is 2.24 bits per heavy atom. The van der Waals surface area contributed by atoms with E-state index < -0.39 is 11.9 Å². The molecule has 0 aromatic carbocycles. The van der Waals surface area contributed by atoms with E-state index in [-0.39, 0.29) is 5.91 Å². The van der Waals surface area contributed by atoms with E-state index in [4.69, 9.17) is 5.11 Å². The van der Waals surface area contributed by atoms with Gasteiger partial charge < -0.3 is 10.0 Å². The number of amides is 1. The van der Waals surface area contributed by atoms with Crippen LogP contribution in [0.1, 0.15) is 12.5 Å². The SMILES string of the molecule is CC(C(=O)O)C(=O)N(C)CCc1cccnc1. The molecule has 0 bridgehead atoms. The molecule has 1 N–H and O–H groups in total. The zero-order valence-electron chi connectivity index (χ0n) is 9.96. The maximum atomic E-state index is 11.6. The number of aromatic nitrogens is 1. The van der Waals surface area contributed by atoms with Gasteiger partial charge >= 0.3 is 5.97 Å². The van der Waals surface area contributed by atoms with Crippen molar-refractivity contribution in [3.8, 4) is 0 Å². The number of pyridine rings is 1. The van der Waals surface area contributed by atoms with Crippen LogP contribution in [-0.4, -0.2) is 40.5 Å². The highest BCUT2D eigenvalue weighted by Gasteiger charge is 2.23. The maximum Gasteiger partial charge on any atom is 0.315 e. The van der Waals surface area contributed by atoms with Crippen LogP contribution >= 0.6 is 0 Å². The number of hydrogen-bond acceptors (Lipinski definition) is 3. The van der Waals surface area contributed by atoms with E-state index in [1.807, 2.05) is 12.1 Å². The van der Waals surface area contributed by atoms with Gasteiger partial charge in [0.1, 0.15) is 5.92 Å². The third-order valence-corrected chi connectivity index (χ3v) is 2.58. The Morgan fingerprint density at radius 1 is 1.53 bits per heavy atom. The lowest BCUT2D eigenvalue weighted by molar-refractivity contribution is -0.149. The van der Waals surface area contributed by atoms with Gasteiger partial charge in [-0.3, -0.25) is 14.6 Å². The lowest BCUT2D eigenvalue weighted by Gasteiger charge is -2.19. The summed E-state index contributed by atoms with van der Waals surface area (Å²) in [6.45, 7) is 1.88. The highest BCUT2D eigenvalue weighted by Crippen LogP contribution is 2.03.